The summed E-state index contributed by atoms with van der Waals surface area (Å²) in [6.45, 7) is 1.90. The highest BCUT2D eigenvalue weighted by Crippen LogP contribution is 2.25. The summed E-state index contributed by atoms with van der Waals surface area (Å²) in [5, 5.41) is 10.2. The van der Waals surface area contributed by atoms with Crippen LogP contribution in [0.5, 0.6) is 0 Å². The molecule has 0 aliphatic rings. The molecule has 3 nitrogen and oxygen atoms in total. The molecule has 3 aromatic rings. The fourth-order valence-corrected chi connectivity index (χ4v) is 2.32. The number of pyridine rings is 1. The summed E-state index contributed by atoms with van der Waals surface area (Å²) in [5.74, 6) is -0.908. The summed E-state index contributed by atoms with van der Waals surface area (Å²) < 4.78 is 0. The first-order valence-electron chi connectivity index (χ1n) is 6.33. The van der Waals surface area contributed by atoms with Gasteiger partial charge in [0, 0.05) is 11.6 Å². The maximum Gasteiger partial charge on any atom is 0.335 e. The number of fused-ring (bicyclic) bond motifs is 1. The Morgan fingerprint density at radius 1 is 1.05 bits per heavy atom. The van der Waals surface area contributed by atoms with Gasteiger partial charge in [0.15, 0.2) is 0 Å². The molecule has 0 saturated heterocycles. The van der Waals surface area contributed by atoms with Crippen molar-refractivity contribution in [1.82, 2.24) is 4.98 Å². The number of benzene rings is 2. The Balaban J connectivity index is 2.17. The molecule has 1 aromatic heterocycles. The molecule has 0 aliphatic heterocycles. The molecule has 3 rings (SSSR count). The highest BCUT2D eigenvalue weighted by Gasteiger charge is 2.07. The average molecular weight is 263 g/mol. The van der Waals surface area contributed by atoms with E-state index in [0.29, 0.717) is 5.56 Å². The summed E-state index contributed by atoms with van der Waals surface area (Å²) in [7, 11) is 0. The van der Waals surface area contributed by atoms with E-state index in [2.05, 4.69) is 4.98 Å². The highest BCUT2D eigenvalue weighted by atomic mass is 16.4. The Bertz CT molecular complexity index is 809. The summed E-state index contributed by atoms with van der Waals surface area (Å²) >= 11 is 0. The smallest absolute Gasteiger partial charge is 0.335 e. The highest BCUT2D eigenvalue weighted by molar-refractivity contribution is 5.91. The zero-order valence-electron chi connectivity index (χ0n) is 11.0. The van der Waals surface area contributed by atoms with Gasteiger partial charge >= 0.3 is 5.97 Å². The summed E-state index contributed by atoms with van der Waals surface area (Å²) in [5.41, 5.74) is 4.02. The van der Waals surface area contributed by atoms with Gasteiger partial charge in [-0.2, -0.15) is 0 Å². The molecule has 0 amide bonds. The van der Waals surface area contributed by atoms with Gasteiger partial charge in [-0.05, 0) is 47.9 Å². The van der Waals surface area contributed by atoms with Crippen molar-refractivity contribution in [3.63, 3.8) is 0 Å². The van der Waals surface area contributed by atoms with Crippen molar-refractivity contribution in [3.8, 4) is 11.1 Å². The molecule has 1 N–H and O–H groups in total. The van der Waals surface area contributed by atoms with E-state index in [9.17, 15) is 4.79 Å². The number of rotatable bonds is 2. The minimum absolute atomic E-state index is 0.307. The number of hydrogen-bond donors (Lipinski definition) is 1. The second kappa shape index (κ2) is 4.78. The van der Waals surface area contributed by atoms with Crippen molar-refractivity contribution in [2.75, 3.05) is 0 Å². The largest absolute Gasteiger partial charge is 0.478 e. The zero-order chi connectivity index (χ0) is 14.1. The predicted molar refractivity (Wildman–Crippen MR) is 78.9 cm³/mol. The molecular weight excluding hydrogens is 250 g/mol. The third-order valence-corrected chi connectivity index (χ3v) is 3.26. The molecule has 0 spiro atoms. The van der Waals surface area contributed by atoms with E-state index in [0.717, 1.165) is 27.6 Å². The average Bonchev–Trinajstić information content (AvgIpc) is 2.46. The van der Waals surface area contributed by atoms with E-state index in [1.54, 1.807) is 18.3 Å². The number of carboxylic acids is 1. The first-order valence-corrected chi connectivity index (χ1v) is 6.33. The molecular formula is C17H13NO2. The van der Waals surface area contributed by atoms with Crippen LogP contribution in [-0.2, 0) is 0 Å². The molecule has 98 valence electrons. The minimum Gasteiger partial charge on any atom is -0.478 e. The van der Waals surface area contributed by atoms with E-state index >= 15 is 0 Å². The zero-order valence-corrected chi connectivity index (χ0v) is 11.0. The second-order valence-electron chi connectivity index (χ2n) is 4.80. The number of carbonyl (C=O) groups is 1. The van der Waals surface area contributed by atoms with Crippen LogP contribution >= 0.6 is 0 Å². The fourth-order valence-electron chi connectivity index (χ4n) is 2.32. The van der Waals surface area contributed by atoms with Gasteiger partial charge < -0.3 is 5.11 Å². The topological polar surface area (TPSA) is 50.2 Å². The number of carboxylic acid groups (broad SMARTS) is 1. The Morgan fingerprint density at radius 2 is 1.90 bits per heavy atom. The molecule has 2 aromatic carbocycles. The van der Waals surface area contributed by atoms with Crippen LogP contribution in [0.25, 0.3) is 22.0 Å². The van der Waals surface area contributed by atoms with Crippen LogP contribution in [0, 0.1) is 6.92 Å². The van der Waals surface area contributed by atoms with E-state index < -0.39 is 5.97 Å². The summed E-state index contributed by atoms with van der Waals surface area (Å²) in [4.78, 5) is 15.5. The molecule has 1 heterocycles. The molecule has 0 fully saturated rings. The van der Waals surface area contributed by atoms with Gasteiger partial charge in [-0.1, -0.05) is 24.3 Å². The Morgan fingerprint density at radius 3 is 2.70 bits per heavy atom. The molecule has 0 unspecified atom stereocenters. The van der Waals surface area contributed by atoms with Gasteiger partial charge in [-0.3, -0.25) is 4.98 Å². The lowest BCUT2D eigenvalue weighted by atomic mass is 9.99. The lowest BCUT2D eigenvalue weighted by Crippen LogP contribution is -1.97. The molecule has 0 bridgehead atoms. The second-order valence-corrected chi connectivity index (χ2v) is 4.80. The Hall–Kier alpha value is -2.68. The van der Waals surface area contributed by atoms with Gasteiger partial charge in [0.05, 0.1) is 11.1 Å². The van der Waals surface area contributed by atoms with Crippen molar-refractivity contribution < 1.29 is 9.90 Å². The number of nitrogens with zero attached hydrogens (tertiary/aromatic N) is 1. The lowest BCUT2D eigenvalue weighted by molar-refractivity contribution is 0.0697. The summed E-state index contributed by atoms with van der Waals surface area (Å²) in [6, 6.07) is 15.2. The van der Waals surface area contributed by atoms with Crippen LogP contribution < -0.4 is 0 Å². The number of hydrogen-bond acceptors (Lipinski definition) is 2. The third-order valence-electron chi connectivity index (χ3n) is 3.26. The normalized spacial score (nSPS) is 10.7. The van der Waals surface area contributed by atoms with Gasteiger partial charge in [0.1, 0.15) is 0 Å². The van der Waals surface area contributed by atoms with Crippen LogP contribution in [0.1, 0.15) is 15.9 Å². The maximum atomic E-state index is 11.1. The quantitative estimate of drug-likeness (QED) is 0.762. The van der Waals surface area contributed by atoms with Gasteiger partial charge in [0.2, 0.25) is 0 Å². The molecule has 20 heavy (non-hydrogen) atoms. The SMILES string of the molecule is Cc1cc(C(=O)O)cc(-c2ccc3cccnc3c2)c1. The predicted octanol–water partition coefficient (Wildman–Crippen LogP) is 3.91. The van der Waals surface area contributed by atoms with E-state index in [4.69, 9.17) is 5.11 Å². The first kappa shape index (κ1) is 12.4. The van der Waals surface area contributed by atoms with Crippen LogP contribution in [-0.4, -0.2) is 16.1 Å². The van der Waals surface area contributed by atoms with Crippen molar-refractivity contribution in [2.45, 2.75) is 6.92 Å². The fraction of sp³-hybridized carbons (Fsp3) is 0.0588. The molecule has 0 atom stereocenters. The van der Waals surface area contributed by atoms with Crippen molar-refractivity contribution in [2.24, 2.45) is 0 Å². The van der Waals surface area contributed by atoms with Crippen LogP contribution in [0.2, 0.25) is 0 Å². The van der Waals surface area contributed by atoms with E-state index in [1.807, 2.05) is 43.3 Å². The van der Waals surface area contributed by atoms with Crippen molar-refractivity contribution in [1.29, 1.82) is 0 Å². The van der Waals surface area contributed by atoms with E-state index in [1.165, 1.54) is 0 Å². The number of aryl methyl sites for hydroxylation is 1. The third kappa shape index (κ3) is 2.26. The number of aromatic nitrogens is 1. The minimum atomic E-state index is -0.908. The van der Waals surface area contributed by atoms with Gasteiger partial charge in [-0.25, -0.2) is 4.79 Å². The molecule has 0 radical (unpaired) electrons. The molecule has 3 heteroatoms. The lowest BCUT2D eigenvalue weighted by Gasteiger charge is -2.06. The standard InChI is InChI=1S/C17H13NO2/c1-11-7-14(9-15(8-11)17(19)20)13-5-4-12-3-2-6-18-16(12)10-13/h2-10H,1H3,(H,19,20). The summed E-state index contributed by atoms with van der Waals surface area (Å²) in [6.07, 6.45) is 1.75. The Kier molecular flexibility index (Phi) is 2.95. The monoisotopic (exact) mass is 263 g/mol. The molecule has 0 saturated carbocycles. The van der Waals surface area contributed by atoms with Crippen LogP contribution in [0.15, 0.2) is 54.7 Å². The molecule has 0 aliphatic carbocycles. The Labute approximate surface area is 116 Å². The number of aromatic carboxylic acids is 1. The first-order chi connectivity index (χ1) is 9.63. The van der Waals surface area contributed by atoms with Crippen LogP contribution in [0.3, 0.4) is 0 Å². The van der Waals surface area contributed by atoms with Gasteiger partial charge in [-0.15, -0.1) is 0 Å². The van der Waals surface area contributed by atoms with Crippen molar-refractivity contribution in [3.05, 3.63) is 65.9 Å². The van der Waals surface area contributed by atoms with Crippen molar-refractivity contribution >= 4 is 16.9 Å². The maximum absolute atomic E-state index is 11.1. The van der Waals surface area contributed by atoms with Gasteiger partial charge in [0.25, 0.3) is 0 Å². The van der Waals surface area contributed by atoms with E-state index in [-0.39, 0.29) is 0 Å². The van der Waals surface area contributed by atoms with Crippen LogP contribution in [0.4, 0.5) is 0 Å².